The molecule has 26 heavy (non-hydrogen) atoms. The molecule has 0 amide bonds. The molecule has 0 aliphatic rings. The van der Waals surface area contributed by atoms with E-state index in [1.807, 2.05) is 20.8 Å². The number of hydrogen-bond donors (Lipinski definition) is 0. The molecular formula is C25H38O. The van der Waals surface area contributed by atoms with Crippen molar-refractivity contribution >= 4 is 5.78 Å². The zero-order valence-corrected chi connectivity index (χ0v) is 18.8. The SMILES string of the molecule is Cc1cc(C(C)(C)C)ccc(C)cc(C(C)(C)C)c(C(=O)C(C)(C)C)c1. The molecular weight excluding hydrogens is 316 g/mol. The van der Waals surface area contributed by atoms with Gasteiger partial charge in [0.15, 0.2) is 5.78 Å². The summed E-state index contributed by atoms with van der Waals surface area (Å²) in [5, 5.41) is 0. The highest BCUT2D eigenvalue weighted by atomic mass is 16.1. The topological polar surface area (TPSA) is 17.1 Å². The summed E-state index contributed by atoms with van der Waals surface area (Å²) in [6.07, 6.45) is 0. The van der Waals surface area contributed by atoms with Crippen LogP contribution in [0.1, 0.15) is 94.9 Å². The standard InChI is InChI=1S/C25H38O/c1-17-12-13-19(23(3,4)5)14-18(2)15-20(22(26)25(9,10)11)21(16-17)24(6,7)8/h12-16H,1-11H3. The van der Waals surface area contributed by atoms with Gasteiger partial charge in [0, 0.05) is 11.0 Å². The molecule has 0 unspecified atom stereocenters. The van der Waals surface area contributed by atoms with Crippen molar-refractivity contribution in [3.8, 4) is 0 Å². The van der Waals surface area contributed by atoms with E-state index in [-0.39, 0.29) is 16.6 Å². The highest BCUT2D eigenvalue weighted by molar-refractivity contribution is 6.01. The highest BCUT2D eigenvalue weighted by Crippen LogP contribution is 2.31. The van der Waals surface area contributed by atoms with Gasteiger partial charge in [0.25, 0.3) is 0 Å². The second-order valence-electron chi connectivity index (χ2n) is 10.6. The summed E-state index contributed by atoms with van der Waals surface area (Å²) in [6, 6.07) is 10.9. The fourth-order valence-corrected chi connectivity index (χ4v) is 2.89. The van der Waals surface area contributed by atoms with Crippen LogP contribution in [-0.4, -0.2) is 5.78 Å². The Morgan fingerprint density at radius 3 is 1.65 bits per heavy atom. The molecule has 0 spiro atoms. The molecule has 0 heterocycles. The maximum Gasteiger partial charge on any atom is 0.168 e. The zero-order chi connectivity index (χ0) is 20.5. The van der Waals surface area contributed by atoms with Gasteiger partial charge >= 0.3 is 0 Å². The van der Waals surface area contributed by atoms with Crippen molar-refractivity contribution in [2.45, 2.75) is 87.0 Å². The van der Waals surface area contributed by atoms with Gasteiger partial charge in [0.1, 0.15) is 0 Å². The third-order valence-electron chi connectivity index (χ3n) is 4.54. The van der Waals surface area contributed by atoms with Gasteiger partial charge in [-0.25, -0.2) is 0 Å². The molecule has 0 aliphatic heterocycles. The molecule has 0 saturated carbocycles. The van der Waals surface area contributed by atoms with E-state index >= 15 is 0 Å². The van der Waals surface area contributed by atoms with Gasteiger partial charge in [-0.3, -0.25) is 4.79 Å². The summed E-state index contributed by atoms with van der Waals surface area (Å²) in [5.74, 6) is 0.195. The van der Waals surface area contributed by atoms with Crippen molar-refractivity contribution in [2.24, 2.45) is 5.41 Å². The van der Waals surface area contributed by atoms with Crippen LogP contribution in [0.3, 0.4) is 0 Å². The number of aryl methyl sites for hydroxylation is 2. The summed E-state index contributed by atoms with van der Waals surface area (Å²) in [5.41, 5.74) is 5.00. The Morgan fingerprint density at radius 1 is 0.692 bits per heavy atom. The van der Waals surface area contributed by atoms with Gasteiger partial charge in [-0.05, 0) is 41.9 Å². The normalized spacial score (nSPS) is 12.6. The van der Waals surface area contributed by atoms with Crippen LogP contribution in [0.5, 0.6) is 0 Å². The van der Waals surface area contributed by atoms with Crippen molar-refractivity contribution in [3.05, 3.63) is 58.1 Å². The minimum absolute atomic E-state index is 0.0514. The Bertz CT molecular complexity index is 730. The van der Waals surface area contributed by atoms with Crippen LogP contribution >= 0.6 is 0 Å². The Labute approximate surface area is 161 Å². The van der Waals surface area contributed by atoms with Crippen molar-refractivity contribution in [3.63, 3.8) is 0 Å². The average Bonchev–Trinajstić information content (AvgIpc) is 2.42. The van der Waals surface area contributed by atoms with E-state index < -0.39 is 5.41 Å². The number of carbonyl (C=O) groups excluding carboxylic acids is 1. The first-order valence-electron chi connectivity index (χ1n) is 9.60. The lowest BCUT2D eigenvalue weighted by Crippen LogP contribution is -2.25. The molecule has 1 heteroatoms. The number of ketones is 1. The van der Waals surface area contributed by atoms with Gasteiger partial charge in [0.2, 0.25) is 0 Å². The largest absolute Gasteiger partial charge is 0.294 e. The second kappa shape index (κ2) is 7.55. The Morgan fingerprint density at radius 2 is 1.23 bits per heavy atom. The van der Waals surface area contributed by atoms with Crippen LogP contribution in [-0.2, 0) is 10.8 Å². The molecule has 144 valence electrons. The van der Waals surface area contributed by atoms with Gasteiger partial charge in [-0.15, -0.1) is 0 Å². The Kier molecular flexibility index (Phi) is 6.50. The lowest BCUT2D eigenvalue weighted by atomic mass is 9.77. The molecule has 0 radical (unpaired) electrons. The second-order valence-corrected chi connectivity index (χ2v) is 10.6. The van der Waals surface area contributed by atoms with E-state index in [1.165, 1.54) is 5.56 Å². The van der Waals surface area contributed by atoms with Gasteiger partial charge in [0.05, 0.1) is 0 Å². The van der Waals surface area contributed by atoms with Gasteiger partial charge in [-0.2, -0.15) is 0 Å². The predicted molar refractivity (Wildman–Crippen MR) is 115 cm³/mol. The third kappa shape index (κ3) is 5.97. The van der Waals surface area contributed by atoms with Gasteiger partial charge < -0.3 is 0 Å². The molecule has 0 N–H and O–H groups in total. The molecule has 0 bridgehead atoms. The average molecular weight is 355 g/mol. The van der Waals surface area contributed by atoms with Crippen molar-refractivity contribution < 1.29 is 4.79 Å². The first kappa shape index (κ1) is 22.4. The molecule has 1 aromatic rings. The zero-order valence-electron chi connectivity index (χ0n) is 18.8. The monoisotopic (exact) mass is 354 g/mol. The van der Waals surface area contributed by atoms with Crippen molar-refractivity contribution in [1.29, 1.82) is 0 Å². The first-order valence-corrected chi connectivity index (χ1v) is 9.60. The van der Waals surface area contributed by atoms with Crippen LogP contribution in [0, 0.1) is 19.3 Å². The molecule has 0 aromatic heterocycles. The fraction of sp³-hybridized carbons (Fsp3) is 0.560. The maximum absolute atomic E-state index is 13.3. The van der Waals surface area contributed by atoms with Gasteiger partial charge in [-0.1, -0.05) is 97.7 Å². The van der Waals surface area contributed by atoms with E-state index in [1.54, 1.807) is 0 Å². The van der Waals surface area contributed by atoms with E-state index in [0.717, 1.165) is 22.3 Å². The smallest absolute Gasteiger partial charge is 0.168 e. The van der Waals surface area contributed by atoms with Crippen LogP contribution in [0.15, 0.2) is 30.3 Å². The number of hydrogen-bond acceptors (Lipinski definition) is 1. The fourth-order valence-electron chi connectivity index (χ4n) is 2.89. The molecule has 1 nitrogen and oxygen atoms in total. The first-order chi connectivity index (χ1) is 11.5. The lowest BCUT2D eigenvalue weighted by molar-refractivity contribution is 0.0856. The predicted octanol–water partition coefficient (Wildman–Crippen LogP) is 7.25. The Hall–Kier alpha value is -1.63. The van der Waals surface area contributed by atoms with E-state index in [2.05, 4.69) is 85.7 Å². The maximum atomic E-state index is 13.3. The number of Topliss-reactive ketones (excluding diaryl/α,β-unsaturated/α-hetero) is 1. The van der Waals surface area contributed by atoms with Crippen LogP contribution < -0.4 is 0 Å². The third-order valence-corrected chi connectivity index (χ3v) is 4.54. The van der Waals surface area contributed by atoms with E-state index in [4.69, 9.17) is 0 Å². The minimum Gasteiger partial charge on any atom is -0.294 e. The number of carbonyl (C=O) groups is 1. The van der Waals surface area contributed by atoms with Crippen molar-refractivity contribution in [2.75, 3.05) is 0 Å². The van der Waals surface area contributed by atoms with Crippen LogP contribution in [0.25, 0.3) is 0 Å². The van der Waals surface area contributed by atoms with Crippen molar-refractivity contribution in [1.82, 2.24) is 0 Å². The van der Waals surface area contributed by atoms with E-state index in [9.17, 15) is 4.79 Å². The number of rotatable bonds is 1. The summed E-state index contributed by atoms with van der Waals surface area (Å²) in [6.45, 7) is 23.4. The van der Waals surface area contributed by atoms with E-state index in [0.29, 0.717) is 0 Å². The Balaban J connectivity index is 4.06. The quantitative estimate of drug-likeness (QED) is 0.485. The lowest BCUT2D eigenvalue weighted by Gasteiger charge is -2.26. The minimum atomic E-state index is -0.416. The molecule has 0 atom stereocenters. The molecule has 1 rings (SSSR count). The molecule has 0 saturated heterocycles. The summed E-state index contributed by atoms with van der Waals surface area (Å²) < 4.78 is 0. The molecule has 0 aliphatic carbocycles. The highest BCUT2D eigenvalue weighted by Gasteiger charge is 2.28. The summed E-state index contributed by atoms with van der Waals surface area (Å²) >= 11 is 0. The summed E-state index contributed by atoms with van der Waals surface area (Å²) in [4.78, 5) is 13.3. The summed E-state index contributed by atoms with van der Waals surface area (Å²) in [7, 11) is 0. The molecule has 0 fully saturated rings. The molecule has 1 aromatic carbocycles. The van der Waals surface area contributed by atoms with Crippen LogP contribution in [0.4, 0.5) is 0 Å². The van der Waals surface area contributed by atoms with Crippen LogP contribution in [0.2, 0.25) is 0 Å².